The standard InChI is InChI=1S/C25H22F4/c1-2-3-4-5-6-7-22-23(27)16-20(24(28)25(22)29)11-9-17-8-10-19-15-21(26)13-12-18(19)14-17/h8,10,12-16H,2-7H2,1H3. The zero-order valence-electron chi connectivity index (χ0n) is 16.3. The summed E-state index contributed by atoms with van der Waals surface area (Å²) in [7, 11) is 0. The van der Waals surface area contributed by atoms with Crippen molar-refractivity contribution in [3.63, 3.8) is 0 Å². The average Bonchev–Trinajstić information content (AvgIpc) is 2.71. The second-order valence-corrected chi connectivity index (χ2v) is 7.13. The highest BCUT2D eigenvalue weighted by atomic mass is 19.2. The number of rotatable bonds is 6. The second kappa shape index (κ2) is 9.60. The first-order valence-electron chi connectivity index (χ1n) is 9.87. The summed E-state index contributed by atoms with van der Waals surface area (Å²) in [5, 5.41) is 1.48. The van der Waals surface area contributed by atoms with Crippen LogP contribution in [0.2, 0.25) is 0 Å². The molecule has 0 unspecified atom stereocenters. The third-order valence-corrected chi connectivity index (χ3v) is 4.93. The van der Waals surface area contributed by atoms with Gasteiger partial charge in [-0.15, -0.1) is 0 Å². The van der Waals surface area contributed by atoms with Gasteiger partial charge in [0.1, 0.15) is 11.6 Å². The van der Waals surface area contributed by atoms with Crippen molar-refractivity contribution in [2.45, 2.75) is 45.4 Å². The first-order valence-corrected chi connectivity index (χ1v) is 9.87. The van der Waals surface area contributed by atoms with Crippen molar-refractivity contribution in [2.24, 2.45) is 0 Å². The summed E-state index contributed by atoms with van der Waals surface area (Å²) in [5.74, 6) is 1.87. The van der Waals surface area contributed by atoms with Crippen LogP contribution in [0, 0.1) is 35.1 Å². The molecule has 0 nitrogen and oxygen atoms in total. The Hall–Kier alpha value is -2.80. The van der Waals surface area contributed by atoms with Gasteiger partial charge in [0.25, 0.3) is 0 Å². The third-order valence-electron chi connectivity index (χ3n) is 4.93. The lowest BCUT2D eigenvalue weighted by molar-refractivity contribution is 0.473. The van der Waals surface area contributed by atoms with Crippen LogP contribution in [0.3, 0.4) is 0 Å². The molecule has 0 saturated carbocycles. The van der Waals surface area contributed by atoms with Crippen LogP contribution in [0.25, 0.3) is 10.8 Å². The summed E-state index contributed by atoms with van der Waals surface area (Å²) in [5.41, 5.74) is 0.0236. The summed E-state index contributed by atoms with van der Waals surface area (Å²) < 4.78 is 56.3. The maximum absolute atomic E-state index is 14.4. The summed E-state index contributed by atoms with van der Waals surface area (Å²) in [6.07, 6.45) is 4.82. The van der Waals surface area contributed by atoms with Crippen molar-refractivity contribution < 1.29 is 17.6 Å². The molecule has 0 atom stereocenters. The monoisotopic (exact) mass is 398 g/mol. The topological polar surface area (TPSA) is 0 Å². The predicted octanol–water partition coefficient (Wildman–Crippen LogP) is 7.31. The van der Waals surface area contributed by atoms with E-state index in [9.17, 15) is 17.6 Å². The Morgan fingerprint density at radius 3 is 2.24 bits per heavy atom. The van der Waals surface area contributed by atoms with Crippen molar-refractivity contribution >= 4 is 10.8 Å². The summed E-state index contributed by atoms with van der Waals surface area (Å²) in [4.78, 5) is 0. The number of benzene rings is 3. The van der Waals surface area contributed by atoms with E-state index in [1.54, 1.807) is 24.3 Å². The third kappa shape index (κ3) is 5.17. The van der Waals surface area contributed by atoms with Gasteiger partial charge in [0.2, 0.25) is 0 Å². The Kier molecular flexibility index (Phi) is 6.93. The smallest absolute Gasteiger partial charge is 0.174 e. The molecule has 0 bridgehead atoms. The van der Waals surface area contributed by atoms with Crippen LogP contribution in [-0.2, 0) is 6.42 Å². The lowest BCUT2D eigenvalue weighted by Crippen LogP contribution is -2.02. The van der Waals surface area contributed by atoms with Crippen molar-refractivity contribution in [1.82, 2.24) is 0 Å². The minimum Gasteiger partial charge on any atom is -0.207 e. The van der Waals surface area contributed by atoms with E-state index in [-0.39, 0.29) is 23.4 Å². The second-order valence-electron chi connectivity index (χ2n) is 7.13. The number of hydrogen-bond donors (Lipinski definition) is 0. The number of halogens is 4. The van der Waals surface area contributed by atoms with Gasteiger partial charge in [-0.2, -0.15) is 0 Å². The van der Waals surface area contributed by atoms with Crippen LogP contribution in [0.5, 0.6) is 0 Å². The van der Waals surface area contributed by atoms with Gasteiger partial charge in [-0.3, -0.25) is 0 Å². The van der Waals surface area contributed by atoms with E-state index >= 15 is 0 Å². The van der Waals surface area contributed by atoms with Gasteiger partial charge in [-0.05, 0) is 53.9 Å². The molecule has 3 rings (SSSR count). The van der Waals surface area contributed by atoms with Gasteiger partial charge < -0.3 is 0 Å². The quantitative estimate of drug-likeness (QED) is 0.177. The van der Waals surface area contributed by atoms with Crippen LogP contribution in [-0.4, -0.2) is 0 Å². The number of unbranched alkanes of at least 4 members (excludes halogenated alkanes) is 4. The molecule has 150 valence electrons. The van der Waals surface area contributed by atoms with E-state index in [0.29, 0.717) is 17.4 Å². The van der Waals surface area contributed by atoms with Gasteiger partial charge >= 0.3 is 0 Å². The fourth-order valence-corrected chi connectivity index (χ4v) is 3.29. The molecule has 0 aliphatic rings. The lowest BCUT2D eigenvalue weighted by Gasteiger charge is -2.07. The predicted molar refractivity (Wildman–Crippen MR) is 109 cm³/mol. The minimum atomic E-state index is -1.15. The van der Waals surface area contributed by atoms with E-state index in [1.807, 2.05) is 0 Å². The van der Waals surface area contributed by atoms with E-state index in [0.717, 1.165) is 37.1 Å². The number of hydrogen-bond acceptors (Lipinski definition) is 0. The van der Waals surface area contributed by atoms with Crippen molar-refractivity contribution in [2.75, 3.05) is 0 Å². The van der Waals surface area contributed by atoms with Crippen LogP contribution >= 0.6 is 0 Å². The summed E-state index contributed by atoms with van der Waals surface area (Å²) >= 11 is 0. The zero-order valence-corrected chi connectivity index (χ0v) is 16.3. The van der Waals surface area contributed by atoms with Gasteiger partial charge in [-0.1, -0.05) is 56.6 Å². The Balaban J connectivity index is 1.81. The average molecular weight is 398 g/mol. The van der Waals surface area contributed by atoms with Gasteiger partial charge in [0.05, 0.1) is 5.56 Å². The highest BCUT2D eigenvalue weighted by Crippen LogP contribution is 2.22. The first-order chi connectivity index (χ1) is 14.0. The van der Waals surface area contributed by atoms with Gasteiger partial charge in [0, 0.05) is 11.1 Å². The van der Waals surface area contributed by atoms with Crippen molar-refractivity contribution in [3.05, 3.63) is 82.4 Å². The highest BCUT2D eigenvalue weighted by molar-refractivity contribution is 5.83. The number of fused-ring (bicyclic) bond motifs is 1. The summed E-state index contributed by atoms with van der Waals surface area (Å²) in [6.45, 7) is 2.09. The minimum absolute atomic E-state index is 0.174. The Morgan fingerprint density at radius 1 is 0.724 bits per heavy atom. The molecule has 0 saturated heterocycles. The molecular weight excluding hydrogens is 376 g/mol. The van der Waals surface area contributed by atoms with E-state index in [4.69, 9.17) is 0 Å². The fraction of sp³-hybridized carbons (Fsp3) is 0.280. The molecule has 0 N–H and O–H groups in total. The molecule has 0 radical (unpaired) electrons. The van der Waals surface area contributed by atoms with Crippen LogP contribution in [0.1, 0.15) is 55.7 Å². The van der Waals surface area contributed by atoms with Crippen LogP contribution in [0.15, 0.2) is 42.5 Å². The molecule has 0 aliphatic carbocycles. The Bertz CT molecular complexity index is 1070. The largest absolute Gasteiger partial charge is 0.207 e. The van der Waals surface area contributed by atoms with Gasteiger partial charge in [0.15, 0.2) is 11.6 Å². The van der Waals surface area contributed by atoms with Crippen LogP contribution in [0.4, 0.5) is 17.6 Å². The van der Waals surface area contributed by atoms with Gasteiger partial charge in [-0.25, -0.2) is 17.6 Å². The molecule has 4 heteroatoms. The Morgan fingerprint density at radius 2 is 1.45 bits per heavy atom. The van der Waals surface area contributed by atoms with E-state index in [2.05, 4.69) is 18.8 Å². The maximum atomic E-state index is 14.4. The molecule has 3 aromatic carbocycles. The zero-order chi connectivity index (χ0) is 20.8. The SMILES string of the molecule is CCCCCCCc1c(F)cc(C#Cc2ccc3cc(F)ccc3c2)c(F)c1F. The van der Waals surface area contributed by atoms with Crippen LogP contribution < -0.4 is 0 Å². The molecule has 0 fully saturated rings. The molecular formula is C25H22F4. The molecule has 0 spiro atoms. The Labute approximate surface area is 168 Å². The molecule has 0 aliphatic heterocycles. The lowest BCUT2D eigenvalue weighted by atomic mass is 10.0. The summed E-state index contributed by atoms with van der Waals surface area (Å²) in [6, 6.07) is 10.4. The maximum Gasteiger partial charge on any atom is 0.174 e. The van der Waals surface area contributed by atoms with Crippen molar-refractivity contribution in [3.8, 4) is 11.8 Å². The molecule has 3 aromatic rings. The molecule has 0 amide bonds. The fourth-order valence-electron chi connectivity index (χ4n) is 3.29. The highest BCUT2D eigenvalue weighted by Gasteiger charge is 2.17. The molecule has 0 heterocycles. The van der Waals surface area contributed by atoms with E-state index < -0.39 is 17.5 Å². The normalized spacial score (nSPS) is 10.8. The molecule has 29 heavy (non-hydrogen) atoms. The van der Waals surface area contributed by atoms with E-state index in [1.165, 1.54) is 12.1 Å². The molecule has 0 aromatic heterocycles. The first kappa shape index (κ1) is 20.9. The van der Waals surface area contributed by atoms with Crippen molar-refractivity contribution in [1.29, 1.82) is 0 Å².